The van der Waals surface area contributed by atoms with Gasteiger partial charge in [-0.25, -0.2) is 0 Å². The number of methoxy groups -OCH3 is 1. The molecule has 0 fully saturated rings. The van der Waals surface area contributed by atoms with Crippen LogP contribution in [0.15, 0.2) is 18.2 Å². The van der Waals surface area contributed by atoms with Crippen LogP contribution in [-0.2, 0) is 12.8 Å². The van der Waals surface area contributed by atoms with Crippen LogP contribution < -0.4 is 10.5 Å². The van der Waals surface area contributed by atoms with Gasteiger partial charge in [-0.1, -0.05) is 19.4 Å². The van der Waals surface area contributed by atoms with E-state index in [1.54, 1.807) is 7.11 Å². The standard InChI is InChI=1S/C17H28N2O/c1-4-5-10-19(2)17(13-18)9-8-14-6-7-16(20-3)11-15(14)12-17/h6-7,11H,4-5,8-10,12-13,18H2,1-3H3. The molecule has 1 aliphatic carbocycles. The van der Waals surface area contributed by atoms with E-state index in [-0.39, 0.29) is 5.54 Å². The van der Waals surface area contributed by atoms with E-state index in [4.69, 9.17) is 10.5 Å². The van der Waals surface area contributed by atoms with Crippen molar-refractivity contribution in [2.75, 3.05) is 27.2 Å². The monoisotopic (exact) mass is 276 g/mol. The van der Waals surface area contributed by atoms with E-state index in [1.807, 2.05) is 0 Å². The summed E-state index contributed by atoms with van der Waals surface area (Å²) in [6.07, 6.45) is 5.78. The van der Waals surface area contributed by atoms with Crippen molar-refractivity contribution in [1.82, 2.24) is 4.90 Å². The Morgan fingerprint density at radius 3 is 2.80 bits per heavy atom. The summed E-state index contributed by atoms with van der Waals surface area (Å²) < 4.78 is 5.36. The Hall–Kier alpha value is -1.06. The van der Waals surface area contributed by atoms with Crippen molar-refractivity contribution < 1.29 is 4.74 Å². The molecule has 1 unspecified atom stereocenters. The Labute approximate surface area is 123 Å². The molecule has 0 aromatic heterocycles. The summed E-state index contributed by atoms with van der Waals surface area (Å²) in [4.78, 5) is 2.49. The summed E-state index contributed by atoms with van der Waals surface area (Å²) in [7, 11) is 3.96. The predicted molar refractivity (Wildman–Crippen MR) is 84.3 cm³/mol. The Morgan fingerprint density at radius 2 is 2.15 bits per heavy atom. The molecule has 0 bridgehead atoms. The molecule has 2 rings (SSSR count). The topological polar surface area (TPSA) is 38.5 Å². The fourth-order valence-electron chi connectivity index (χ4n) is 3.24. The number of unbranched alkanes of at least 4 members (excludes halogenated alkanes) is 1. The van der Waals surface area contributed by atoms with Gasteiger partial charge in [0.15, 0.2) is 0 Å². The lowest BCUT2D eigenvalue weighted by atomic mass is 9.76. The largest absolute Gasteiger partial charge is 0.497 e. The smallest absolute Gasteiger partial charge is 0.119 e. The summed E-state index contributed by atoms with van der Waals surface area (Å²) in [5, 5.41) is 0. The van der Waals surface area contributed by atoms with Crippen molar-refractivity contribution >= 4 is 0 Å². The first-order valence-electron chi connectivity index (χ1n) is 7.72. The van der Waals surface area contributed by atoms with Crippen LogP contribution in [0.4, 0.5) is 0 Å². The van der Waals surface area contributed by atoms with E-state index in [9.17, 15) is 0 Å². The first-order valence-corrected chi connectivity index (χ1v) is 7.72. The highest BCUT2D eigenvalue weighted by Crippen LogP contribution is 2.34. The minimum atomic E-state index is 0.120. The van der Waals surface area contributed by atoms with Crippen LogP contribution in [0.25, 0.3) is 0 Å². The SMILES string of the molecule is CCCCN(C)C1(CN)CCc2ccc(OC)cc2C1. The van der Waals surface area contributed by atoms with Gasteiger partial charge >= 0.3 is 0 Å². The number of fused-ring (bicyclic) bond motifs is 1. The molecule has 1 aromatic carbocycles. The first kappa shape index (κ1) is 15.3. The maximum Gasteiger partial charge on any atom is 0.119 e. The van der Waals surface area contributed by atoms with Crippen LogP contribution in [0.5, 0.6) is 5.75 Å². The molecule has 0 spiro atoms. The third-order valence-electron chi connectivity index (χ3n) is 4.83. The lowest BCUT2D eigenvalue weighted by molar-refractivity contribution is 0.107. The number of nitrogens with two attached hydrogens (primary N) is 1. The minimum absolute atomic E-state index is 0.120. The fourth-order valence-corrected chi connectivity index (χ4v) is 3.24. The number of rotatable bonds is 6. The van der Waals surface area contributed by atoms with Crippen LogP contribution in [0.2, 0.25) is 0 Å². The second-order valence-corrected chi connectivity index (χ2v) is 6.01. The minimum Gasteiger partial charge on any atom is -0.497 e. The average molecular weight is 276 g/mol. The molecular weight excluding hydrogens is 248 g/mol. The zero-order chi connectivity index (χ0) is 14.6. The molecule has 0 aliphatic heterocycles. The zero-order valence-corrected chi connectivity index (χ0v) is 13.1. The van der Waals surface area contributed by atoms with Gasteiger partial charge in [-0.15, -0.1) is 0 Å². The summed E-state index contributed by atoms with van der Waals surface area (Å²) >= 11 is 0. The quantitative estimate of drug-likeness (QED) is 0.868. The summed E-state index contributed by atoms with van der Waals surface area (Å²) in [6, 6.07) is 6.46. The van der Waals surface area contributed by atoms with Gasteiger partial charge in [-0.3, -0.25) is 4.90 Å². The van der Waals surface area contributed by atoms with E-state index in [1.165, 1.54) is 24.0 Å². The van der Waals surface area contributed by atoms with Crippen molar-refractivity contribution in [3.63, 3.8) is 0 Å². The second-order valence-electron chi connectivity index (χ2n) is 6.01. The lowest BCUT2D eigenvalue weighted by Gasteiger charge is -2.44. The van der Waals surface area contributed by atoms with E-state index < -0.39 is 0 Å². The number of ether oxygens (including phenoxy) is 1. The number of hydrogen-bond acceptors (Lipinski definition) is 3. The number of likely N-dealkylation sites (N-methyl/N-ethyl adjacent to an activating group) is 1. The van der Waals surface area contributed by atoms with Gasteiger partial charge in [0.1, 0.15) is 5.75 Å². The van der Waals surface area contributed by atoms with Crippen LogP contribution in [0.3, 0.4) is 0 Å². The lowest BCUT2D eigenvalue weighted by Crippen LogP contribution is -2.55. The molecule has 0 saturated heterocycles. The Bertz CT molecular complexity index is 447. The Morgan fingerprint density at radius 1 is 1.35 bits per heavy atom. The third-order valence-corrected chi connectivity index (χ3v) is 4.83. The van der Waals surface area contributed by atoms with E-state index in [0.29, 0.717) is 0 Å². The van der Waals surface area contributed by atoms with Crippen LogP contribution in [0.1, 0.15) is 37.3 Å². The average Bonchev–Trinajstić information content (AvgIpc) is 2.51. The highest BCUT2D eigenvalue weighted by Gasteiger charge is 2.36. The number of aryl methyl sites for hydroxylation is 1. The van der Waals surface area contributed by atoms with Crippen molar-refractivity contribution in [3.05, 3.63) is 29.3 Å². The van der Waals surface area contributed by atoms with E-state index in [0.717, 1.165) is 38.1 Å². The van der Waals surface area contributed by atoms with Gasteiger partial charge in [-0.05, 0) is 62.5 Å². The molecule has 0 saturated carbocycles. The van der Waals surface area contributed by atoms with Gasteiger partial charge < -0.3 is 10.5 Å². The molecule has 0 amide bonds. The molecule has 0 heterocycles. The molecule has 20 heavy (non-hydrogen) atoms. The van der Waals surface area contributed by atoms with Gasteiger partial charge in [0, 0.05) is 12.1 Å². The van der Waals surface area contributed by atoms with Crippen molar-refractivity contribution in [2.24, 2.45) is 5.73 Å². The third kappa shape index (κ3) is 2.99. The molecule has 0 radical (unpaired) electrons. The molecule has 1 aromatic rings. The number of benzene rings is 1. The second kappa shape index (κ2) is 6.59. The van der Waals surface area contributed by atoms with Crippen LogP contribution >= 0.6 is 0 Å². The van der Waals surface area contributed by atoms with E-state index >= 15 is 0 Å². The molecule has 112 valence electrons. The van der Waals surface area contributed by atoms with Crippen molar-refractivity contribution in [3.8, 4) is 5.75 Å². The molecule has 3 nitrogen and oxygen atoms in total. The van der Waals surface area contributed by atoms with Crippen LogP contribution in [-0.4, -0.2) is 37.7 Å². The first-order chi connectivity index (χ1) is 9.65. The van der Waals surface area contributed by atoms with Gasteiger partial charge in [0.25, 0.3) is 0 Å². The molecule has 2 N–H and O–H groups in total. The summed E-state index contributed by atoms with van der Waals surface area (Å²) in [5.74, 6) is 0.952. The van der Waals surface area contributed by atoms with Crippen molar-refractivity contribution in [2.45, 2.75) is 44.6 Å². The zero-order valence-electron chi connectivity index (χ0n) is 13.1. The highest BCUT2D eigenvalue weighted by molar-refractivity contribution is 5.39. The molecule has 1 atom stereocenters. The maximum atomic E-state index is 6.17. The van der Waals surface area contributed by atoms with Gasteiger partial charge in [0.05, 0.1) is 7.11 Å². The number of hydrogen-bond donors (Lipinski definition) is 1. The van der Waals surface area contributed by atoms with Crippen LogP contribution in [0, 0.1) is 0 Å². The summed E-state index contributed by atoms with van der Waals surface area (Å²) in [5.41, 5.74) is 9.15. The van der Waals surface area contributed by atoms with Crippen molar-refractivity contribution in [1.29, 1.82) is 0 Å². The van der Waals surface area contributed by atoms with Gasteiger partial charge in [-0.2, -0.15) is 0 Å². The maximum absolute atomic E-state index is 6.17. The number of nitrogens with zero attached hydrogens (tertiary/aromatic N) is 1. The highest BCUT2D eigenvalue weighted by atomic mass is 16.5. The molecule has 1 aliphatic rings. The fraction of sp³-hybridized carbons (Fsp3) is 0.647. The predicted octanol–water partition coefficient (Wildman–Crippen LogP) is 2.61. The van der Waals surface area contributed by atoms with Gasteiger partial charge in [0.2, 0.25) is 0 Å². The molecule has 3 heteroatoms. The Balaban J connectivity index is 2.21. The molecular formula is C17H28N2O. The normalized spacial score (nSPS) is 21.9. The van der Waals surface area contributed by atoms with E-state index in [2.05, 4.69) is 37.1 Å². The Kier molecular flexibility index (Phi) is 5.06. The summed E-state index contributed by atoms with van der Waals surface area (Å²) in [6.45, 7) is 4.10.